The van der Waals surface area contributed by atoms with E-state index in [1.54, 1.807) is 6.07 Å². The van der Waals surface area contributed by atoms with Gasteiger partial charge in [-0.3, -0.25) is 10.2 Å². The molecule has 3 aliphatic rings. The second-order valence-corrected chi connectivity index (χ2v) is 9.52. The average molecular weight is 557 g/mol. The van der Waals surface area contributed by atoms with Crippen LogP contribution in [-0.2, 0) is 0 Å². The van der Waals surface area contributed by atoms with Gasteiger partial charge in [-0.15, -0.1) is 0 Å². The maximum absolute atomic E-state index is 10.2. The molecule has 1 aromatic rings. The number of halogens is 2. The SMILES string of the molecule is Oc1c(Br)cc(/C=N/NC2=NC(N3CCCCC3)N=C(N3CCCCC3)N2)c(O)c1Br. The number of guanidine groups is 2. The highest BCUT2D eigenvalue weighted by Gasteiger charge is 2.27. The number of aliphatic imine (C=N–C) groups is 2. The summed E-state index contributed by atoms with van der Waals surface area (Å²) in [4.78, 5) is 14.2. The zero-order chi connectivity index (χ0) is 21.8. The Hall–Kier alpha value is -1.85. The molecule has 3 aliphatic heterocycles. The summed E-state index contributed by atoms with van der Waals surface area (Å²) in [5.41, 5.74) is 3.40. The van der Waals surface area contributed by atoms with Crippen molar-refractivity contribution in [3.05, 3.63) is 20.6 Å². The normalized spacial score (nSPS) is 22.8. The third kappa shape index (κ3) is 5.32. The number of phenols is 2. The standard InChI is InChI=1S/C20H27Br2N7O2/c21-14-11-13(16(30)15(22)17(14)31)12-23-27-18-24-19(28-7-3-1-4-8-28)26-20(25-18)29-9-5-2-6-10-29/h11-12,19,30-31H,1-10H2,(H2,24,25,26,27)/b23-12+. The lowest BCUT2D eigenvalue weighted by atomic mass is 10.1. The number of nitrogens with zero attached hydrogens (tertiary/aromatic N) is 5. The fraction of sp³-hybridized carbons (Fsp3) is 0.550. The summed E-state index contributed by atoms with van der Waals surface area (Å²) in [6.07, 6.45) is 8.39. The second-order valence-electron chi connectivity index (χ2n) is 7.87. The highest BCUT2D eigenvalue weighted by atomic mass is 79.9. The molecule has 31 heavy (non-hydrogen) atoms. The Bertz CT molecular complexity index is 894. The molecule has 1 atom stereocenters. The number of hydrogen-bond acceptors (Lipinski definition) is 9. The molecule has 4 N–H and O–H groups in total. The Balaban J connectivity index is 1.51. The molecule has 0 bridgehead atoms. The number of benzene rings is 1. The van der Waals surface area contributed by atoms with E-state index >= 15 is 0 Å². The summed E-state index contributed by atoms with van der Waals surface area (Å²) < 4.78 is 0.664. The first kappa shape index (κ1) is 22.3. The molecule has 0 aliphatic carbocycles. The molecular formula is C20H27Br2N7O2. The fourth-order valence-electron chi connectivity index (χ4n) is 3.94. The van der Waals surface area contributed by atoms with Gasteiger partial charge in [-0.2, -0.15) is 5.10 Å². The molecular weight excluding hydrogens is 530 g/mol. The summed E-state index contributed by atoms with van der Waals surface area (Å²) in [5.74, 6) is 1.21. The first-order valence-corrected chi connectivity index (χ1v) is 12.2. The van der Waals surface area contributed by atoms with Crippen LogP contribution in [0.3, 0.4) is 0 Å². The summed E-state index contributed by atoms with van der Waals surface area (Å²) in [5, 5.41) is 27.7. The summed E-state index contributed by atoms with van der Waals surface area (Å²) in [6.45, 7) is 3.95. The molecule has 0 spiro atoms. The van der Waals surface area contributed by atoms with E-state index in [2.05, 4.69) is 57.5 Å². The van der Waals surface area contributed by atoms with Gasteiger partial charge < -0.3 is 15.1 Å². The highest BCUT2D eigenvalue weighted by Crippen LogP contribution is 2.40. The summed E-state index contributed by atoms with van der Waals surface area (Å²) in [7, 11) is 0. The van der Waals surface area contributed by atoms with Crippen LogP contribution in [0.25, 0.3) is 0 Å². The van der Waals surface area contributed by atoms with E-state index in [1.807, 2.05) is 0 Å². The van der Waals surface area contributed by atoms with Crippen molar-refractivity contribution >= 4 is 50.0 Å². The minimum absolute atomic E-state index is 0.0623. The molecule has 168 valence electrons. The number of hydrogen-bond donors (Lipinski definition) is 4. The molecule has 0 amide bonds. The lowest BCUT2D eigenvalue weighted by molar-refractivity contribution is 0.168. The van der Waals surface area contributed by atoms with Crippen molar-refractivity contribution in [2.45, 2.75) is 44.8 Å². The minimum Gasteiger partial charge on any atom is -0.506 e. The molecule has 0 radical (unpaired) electrons. The quantitative estimate of drug-likeness (QED) is 0.336. The van der Waals surface area contributed by atoms with Crippen molar-refractivity contribution < 1.29 is 10.2 Å². The Morgan fingerprint density at radius 1 is 1.00 bits per heavy atom. The number of phenolic OH excluding ortho intramolecular Hbond substituents is 2. The predicted octanol–water partition coefficient (Wildman–Crippen LogP) is 3.12. The third-order valence-corrected chi connectivity index (χ3v) is 7.01. The van der Waals surface area contributed by atoms with Crippen LogP contribution in [0, 0.1) is 0 Å². The molecule has 0 aromatic heterocycles. The number of likely N-dealkylation sites (tertiary alicyclic amines) is 2. The van der Waals surface area contributed by atoms with Crippen LogP contribution in [0.5, 0.6) is 11.5 Å². The van der Waals surface area contributed by atoms with Gasteiger partial charge in [-0.1, -0.05) is 6.42 Å². The van der Waals surface area contributed by atoms with E-state index in [0.717, 1.165) is 45.0 Å². The lowest BCUT2D eigenvalue weighted by Crippen LogP contribution is -2.54. The molecule has 1 aromatic carbocycles. The van der Waals surface area contributed by atoms with Gasteiger partial charge in [0.25, 0.3) is 0 Å². The van der Waals surface area contributed by atoms with Gasteiger partial charge in [0, 0.05) is 31.7 Å². The molecule has 11 heteroatoms. The Morgan fingerprint density at radius 2 is 1.68 bits per heavy atom. The van der Waals surface area contributed by atoms with Crippen LogP contribution < -0.4 is 10.7 Å². The number of aromatic hydroxyl groups is 2. The summed E-state index contributed by atoms with van der Waals surface area (Å²) >= 11 is 6.45. The molecule has 2 saturated heterocycles. The molecule has 3 heterocycles. The Labute approximate surface area is 198 Å². The van der Waals surface area contributed by atoms with E-state index < -0.39 is 0 Å². The predicted molar refractivity (Wildman–Crippen MR) is 129 cm³/mol. The maximum Gasteiger partial charge on any atom is 0.222 e. The Morgan fingerprint density at radius 3 is 2.39 bits per heavy atom. The zero-order valence-electron chi connectivity index (χ0n) is 17.2. The van der Waals surface area contributed by atoms with E-state index in [4.69, 9.17) is 9.98 Å². The van der Waals surface area contributed by atoms with E-state index in [-0.39, 0.29) is 22.3 Å². The first-order chi connectivity index (χ1) is 15.0. The average Bonchev–Trinajstić information content (AvgIpc) is 2.82. The lowest BCUT2D eigenvalue weighted by Gasteiger charge is -2.36. The van der Waals surface area contributed by atoms with Crippen molar-refractivity contribution in [2.24, 2.45) is 15.1 Å². The number of piperidine rings is 2. The van der Waals surface area contributed by atoms with Gasteiger partial charge in [-0.05, 0) is 70.0 Å². The molecule has 9 nitrogen and oxygen atoms in total. The maximum atomic E-state index is 10.2. The van der Waals surface area contributed by atoms with Gasteiger partial charge in [0.2, 0.25) is 18.2 Å². The summed E-state index contributed by atoms with van der Waals surface area (Å²) in [6, 6.07) is 1.59. The third-order valence-electron chi connectivity index (χ3n) is 5.66. The molecule has 1 unspecified atom stereocenters. The second kappa shape index (κ2) is 10.2. The molecule has 0 saturated carbocycles. The van der Waals surface area contributed by atoms with Crippen LogP contribution in [-0.4, -0.2) is 70.6 Å². The Kier molecular flexibility index (Phi) is 7.34. The fourth-order valence-corrected chi connectivity index (χ4v) is 5.09. The number of nitrogens with one attached hydrogen (secondary N) is 2. The van der Waals surface area contributed by atoms with Gasteiger partial charge in [0.15, 0.2) is 0 Å². The van der Waals surface area contributed by atoms with E-state index in [9.17, 15) is 10.2 Å². The molecule has 4 rings (SSSR count). The largest absolute Gasteiger partial charge is 0.506 e. The van der Waals surface area contributed by atoms with Crippen LogP contribution in [0.15, 0.2) is 30.1 Å². The highest BCUT2D eigenvalue weighted by molar-refractivity contribution is 9.11. The smallest absolute Gasteiger partial charge is 0.222 e. The minimum atomic E-state index is -0.262. The van der Waals surface area contributed by atoms with Crippen molar-refractivity contribution in [3.63, 3.8) is 0 Å². The van der Waals surface area contributed by atoms with Gasteiger partial charge in [-0.25, -0.2) is 15.4 Å². The van der Waals surface area contributed by atoms with E-state index in [1.165, 1.54) is 31.9 Å². The molecule has 2 fully saturated rings. The zero-order valence-corrected chi connectivity index (χ0v) is 20.4. The topological polar surface area (TPSA) is 108 Å². The van der Waals surface area contributed by atoms with Crippen molar-refractivity contribution in [1.29, 1.82) is 0 Å². The number of rotatable bonds is 3. The first-order valence-electron chi connectivity index (χ1n) is 10.6. The van der Waals surface area contributed by atoms with Crippen molar-refractivity contribution in [2.75, 3.05) is 26.2 Å². The van der Waals surface area contributed by atoms with Gasteiger partial charge >= 0.3 is 0 Å². The van der Waals surface area contributed by atoms with Crippen LogP contribution in [0.4, 0.5) is 0 Å². The van der Waals surface area contributed by atoms with Crippen LogP contribution in [0.2, 0.25) is 0 Å². The monoisotopic (exact) mass is 555 g/mol. The number of hydrazone groups is 1. The van der Waals surface area contributed by atoms with Gasteiger partial charge in [0.05, 0.1) is 10.7 Å². The van der Waals surface area contributed by atoms with Crippen molar-refractivity contribution in [3.8, 4) is 11.5 Å². The van der Waals surface area contributed by atoms with Crippen molar-refractivity contribution in [1.82, 2.24) is 20.5 Å². The van der Waals surface area contributed by atoms with E-state index in [0.29, 0.717) is 16.0 Å². The van der Waals surface area contributed by atoms with Gasteiger partial charge in [0.1, 0.15) is 16.0 Å². The van der Waals surface area contributed by atoms with Crippen LogP contribution in [0.1, 0.15) is 44.1 Å². The van der Waals surface area contributed by atoms with Crippen LogP contribution >= 0.6 is 31.9 Å².